The van der Waals surface area contributed by atoms with Crippen LogP contribution in [0.4, 0.5) is 0 Å². The van der Waals surface area contributed by atoms with Crippen molar-refractivity contribution < 1.29 is 9.53 Å². The first-order valence-electron chi connectivity index (χ1n) is 5.91. The van der Waals surface area contributed by atoms with Gasteiger partial charge in [-0.1, -0.05) is 32.4 Å². The number of carbonyl (C=O) groups excluding carboxylic acids is 1. The van der Waals surface area contributed by atoms with E-state index in [2.05, 4.69) is 13.8 Å². The van der Waals surface area contributed by atoms with E-state index in [0.717, 1.165) is 5.56 Å². The highest BCUT2D eigenvalue weighted by Gasteiger charge is 2.14. The Morgan fingerprint density at radius 2 is 2.06 bits per heavy atom. The second kappa shape index (κ2) is 6.06. The first-order chi connectivity index (χ1) is 7.95. The molecular formula is C14H19ClO2. The van der Waals surface area contributed by atoms with Gasteiger partial charge in [-0.3, -0.25) is 4.79 Å². The van der Waals surface area contributed by atoms with Crippen molar-refractivity contribution in [3.63, 3.8) is 0 Å². The summed E-state index contributed by atoms with van der Waals surface area (Å²) in [7, 11) is 0. The Bertz CT molecular complexity index is 411. The molecule has 0 fully saturated rings. The van der Waals surface area contributed by atoms with Gasteiger partial charge >= 0.3 is 0 Å². The summed E-state index contributed by atoms with van der Waals surface area (Å²) >= 11 is 6.04. The predicted octanol–water partition coefficient (Wildman–Crippen LogP) is 4.28. The first-order valence-corrected chi connectivity index (χ1v) is 6.29. The van der Waals surface area contributed by atoms with Crippen LogP contribution < -0.4 is 4.74 Å². The molecule has 0 spiro atoms. The van der Waals surface area contributed by atoms with E-state index in [0.29, 0.717) is 35.3 Å². The third kappa shape index (κ3) is 3.74. The molecule has 3 heteroatoms. The molecule has 94 valence electrons. The number of halogens is 1. The average molecular weight is 255 g/mol. The summed E-state index contributed by atoms with van der Waals surface area (Å²) in [6.07, 6.45) is 0.456. The summed E-state index contributed by atoms with van der Waals surface area (Å²) < 4.78 is 5.68. The Balaban J connectivity index is 3.07. The van der Waals surface area contributed by atoms with Crippen LogP contribution in [0, 0.1) is 12.8 Å². The first kappa shape index (κ1) is 14.0. The third-order valence-corrected chi connectivity index (χ3v) is 2.86. The predicted molar refractivity (Wildman–Crippen MR) is 71.1 cm³/mol. The minimum absolute atomic E-state index is 0.0608. The topological polar surface area (TPSA) is 26.3 Å². The Hall–Kier alpha value is -1.02. The Kier molecular flexibility index (Phi) is 5.01. The average Bonchev–Trinajstić information content (AvgIpc) is 2.29. The molecule has 0 saturated heterocycles. The SMILES string of the molecule is CCC(=O)c1cc(Cl)c(C)cc1OCC(C)C. The second-order valence-electron chi connectivity index (χ2n) is 4.58. The lowest BCUT2D eigenvalue weighted by atomic mass is 10.1. The molecule has 0 amide bonds. The van der Waals surface area contributed by atoms with Crippen LogP contribution in [0.1, 0.15) is 43.1 Å². The third-order valence-electron chi connectivity index (χ3n) is 2.45. The van der Waals surface area contributed by atoms with E-state index >= 15 is 0 Å². The van der Waals surface area contributed by atoms with Gasteiger partial charge < -0.3 is 4.74 Å². The molecule has 0 radical (unpaired) electrons. The molecule has 17 heavy (non-hydrogen) atoms. The number of hydrogen-bond donors (Lipinski definition) is 0. The van der Waals surface area contributed by atoms with Gasteiger partial charge in [-0.05, 0) is 30.5 Å². The van der Waals surface area contributed by atoms with Crippen molar-refractivity contribution in [2.24, 2.45) is 5.92 Å². The van der Waals surface area contributed by atoms with Crippen molar-refractivity contribution in [1.82, 2.24) is 0 Å². The van der Waals surface area contributed by atoms with E-state index in [9.17, 15) is 4.79 Å². The molecular weight excluding hydrogens is 236 g/mol. The van der Waals surface area contributed by atoms with Crippen LogP contribution in [0.3, 0.4) is 0 Å². The van der Waals surface area contributed by atoms with Gasteiger partial charge in [-0.15, -0.1) is 0 Å². The van der Waals surface area contributed by atoms with Crippen molar-refractivity contribution in [3.8, 4) is 5.75 Å². The van der Waals surface area contributed by atoms with Crippen LogP contribution in [0.2, 0.25) is 5.02 Å². The van der Waals surface area contributed by atoms with E-state index in [-0.39, 0.29) is 5.78 Å². The molecule has 0 unspecified atom stereocenters. The fourth-order valence-electron chi connectivity index (χ4n) is 1.44. The van der Waals surface area contributed by atoms with E-state index in [1.807, 2.05) is 19.9 Å². The molecule has 0 heterocycles. The number of ether oxygens (including phenoxy) is 1. The number of Topliss-reactive ketones (excluding diaryl/α,β-unsaturated/α-hetero) is 1. The maximum absolute atomic E-state index is 11.8. The molecule has 0 aliphatic rings. The van der Waals surface area contributed by atoms with Crippen LogP contribution in [-0.2, 0) is 0 Å². The van der Waals surface area contributed by atoms with Crippen molar-refractivity contribution in [2.45, 2.75) is 34.1 Å². The zero-order valence-electron chi connectivity index (χ0n) is 10.8. The van der Waals surface area contributed by atoms with Crippen LogP contribution in [0.25, 0.3) is 0 Å². The van der Waals surface area contributed by atoms with E-state index in [4.69, 9.17) is 16.3 Å². The van der Waals surface area contributed by atoms with Crippen LogP contribution in [-0.4, -0.2) is 12.4 Å². The van der Waals surface area contributed by atoms with Gasteiger partial charge in [-0.2, -0.15) is 0 Å². The molecule has 0 atom stereocenters. The molecule has 0 aliphatic heterocycles. The van der Waals surface area contributed by atoms with E-state index in [1.165, 1.54) is 0 Å². The highest BCUT2D eigenvalue weighted by molar-refractivity contribution is 6.31. The minimum atomic E-state index is 0.0608. The molecule has 1 aromatic rings. The summed E-state index contributed by atoms with van der Waals surface area (Å²) in [5, 5.41) is 0.610. The van der Waals surface area contributed by atoms with E-state index in [1.54, 1.807) is 6.07 Å². The molecule has 1 aromatic carbocycles. The fourth-order valence-corrected chi connectivity index (χ4v) is 1.60. The number of aryl methyl sites for hydroxylation is 1. The normalized spacial score (nSPS) is 10.7. The van der Waals surface area contributed by atoms with Crippen molar-refractivity contribution >= 4 is 17.4 Å². The minimum Gasteiger partial charge on any atom is -0.493 e. The maximum Gasteiger partial charge on any atom is 0.166 e. The smallest absolute Gasteiger partial charge is 0.166 e. The second-order valence-corrected chi connectivity index (χ2v) is 4.99. The summed E-state index contributed by atoms with van der Waals surface area (Å²) in [5.41, 5.74) is 1.52. The standard InChI is InChI=1S/C14H19ClO2/c1-5-13(16)11-7-12(15)10(4)6-14(11)17-8-9(2)3/h6-7,9H,5,8H2,1-4H3. The summed E-state index contributed by atoms with van der Waals surface area (Å²) in [6.45, 7) is 8.49. The molecule has 0 saturated carbocycles. The molecule has 0 bridgehead atoms. The zero-order valence-corrected chi connectivity index (χ0v) is 11.6. The van der Waals surface area contributed by atoms with Gasteiger partial charge in [0.25, 0.3) is 0 Å². The van der Waals surface area contributed by atoms with Crippen molar-refractivity contribution in [1.29, 1.82) is 0 Å². The fraction of sp³-hybridized carbons (Fsp3) is 0.500. The Labute approximate surface area is 108 Å². The maximum atomic E-state index is 11.8. The number of carbonyl (C=O) groups is 1. The van der Waals surface area contributed by atoms with E-state index < -0.39 is 0 Å². The number of benzene rings is 1. The Morgan fingerprint density at radius 3 is 2.59 bits per heavy atom. The molecule has 1 rings (SSSR count). The van der Waals surface area contributed by atoms with Gasteiger partial charge in [0.1, 0.15) is 5.75 Å². The molecule has 0 aliphatic carbocycles. The van der Waals surface area contributed by atoms with Gasteiger partial charge in [0.05, 0.1) is 12.2 Å². The van der Waals surface area contributed by atoms with Crippen LogP contribution >= 0.6 is 11.6 Å². The lowest BCUT2D eigenvalue weighted by molar-refractivity contribution is 0.0983. The number of hydrogen-bond acceptors (Lipinski definition) is 2. The molecule has 2 nitrogen and oxygen atoms in total. The van der Waals surface area contributed by atoms with Gasteiger partial charge in [0, 0.05) is 11.4 Å². The van der Waals surface area contributed by atoms with Crippen LogP contribution in [0.15, 0.2) is 12.1 Å². The largest absolute Gasteiger partial charge is 0.493 e. The summed E-state index contributed by atoms with van der Waals surface area (Å²) in [5.74, 6) is 1.13. The zero-order chi connectivity index (χ0) is 13.0. The van der Waals surface area contributed by atoms with Crippen molar-refractivity contribution in [3.05, 3.63) is 28.3 Å². The summed E-state index contributed by atoms with van der Waals surface area (Å²) in [6, 6.07) is 3.55. The molecule has 0 N–H and O–H groups in total. The number of rotatable bonds is 5. The van der Waals surface area contributed by atoms with Gasteiger partial charge in [-0.25, -0.2) is 0 Å². The quantitative estimate of drug-likeness (QED) is 0.734. The summed E-state index contributed by atoms with van der Waals surface area (Å²) in [4.78, 5) is 11.8. The van der Waals surface area contributed by atoms with Gasteiger partial charge in [0.2, 0.25) is 0 Å². The lowest BCUT2D eigenvalue weighted by Crippen LogP contribution is -2.09. The monoisotopic (exact) mass is 254 g/mol. The van der Waals surface area contributed by atoms with Crippen molar-refractivity contribution in [2.75, 3.05) is 6.61 Å². The highest BCUT2D eigenvalue weighted by Crippen LogP contribution is 2.28. The number of ketones is 1. The van der Waals surface area contributed by atoms with Crippen LogP contribution in [0.5, 0.6) is 5.75 Å². The van der Waals surface area contributed by atoms with Gasteiger partial charge in [0.15, 0.2) is 5.78 Å². The molecule has 0 aromatic heterocycles. The lowest BCUT2D eigenvalue weighted by Gasteiger charge is -2.14. The highest BCUT2D eigenvalue weighted by atomic mass is 35.5. The Morgan fingerprint density at radius 1 is 1.41 bits per heavy atom.